The summed E-state index contributed by atoms with van der Waals surface area (Å²) in [7, 11) is 1.73. The maximum Gasteiger partial charge on any atom is 0.142 e. The van der Waals surface area contributed by atoms with Gasteiger partial charge in [-0.25, -0.2) is 0 Å². The van der Waals surface area contributed by atoms with Gasteiger partial charge in [0, 0.05) is 26.8 Å². The van der Waals surface area contributed by atoms with E-state index in [9.17, 15) is 0 Å². The molecule has 2 aromatic carbocycles. The highest BCUT2D eigenvalue weighted by Crippen LogP contribution is 2.24. The predicted octanol–water partition coefficient (Wildman–Crippen LogP) is 3.30. The van der Waals surface area contributed by atoms with Crippen LogP contribution in [0.25, 0.3) is 0 Å². The summed E-state index contributed by atoms with van der Waals surface area (Å²) in [5.74, 6) is 0.885. The van der Waals surface area contributed by atoms with E-state index in [0.29, 0.717) is 6.61 Å². The molecule has 0 spiro atoms. The number of hydrogen-bond donors (Lipinski definition) is 2. The highest BCUT2D eigenvalue weighted by molar-refractivity contribution is 5.56. The first-order chi connectivity index (χ1) is 11.4. The third-order valence-electron chi connectivity index (χ3n) is 3.44. The third-order valence-corrected chi connectivity index (χ3v) is 3.44. The molecule has 23 heavy (non-hydrogen) atoms. The highest BCUT2D eigenvalue weighted by Gasteiger charge is 2.02. The van der Waals surface area contributed by atoms with Gasteiger partial charge >= 0.3 is 0 Å². The van der Waals surface area contributed by atoms with Crippen LogP contribution < -0.4 is 15.4 Å². The molecule has 2 aromatic rings. The van der Waals surface area contributed by atoms with Crippen molar-refractivity contribution >= 4 is 5.69 Å². The van der Waals surface area contributed by atoms with E-state index in [1.165, 1.54) is 5.56 Å². The standard InChI is InChI=1S/C19H26N2O2/c1-22-15-7-12-20-13-14-21-18-10-5-6-11-19(18)23-16-17-8-3-2-4-9-17/h2-6,8-11,20-21H,7,12-16H2,1H3. The van der Waals surface area contributed by atoms with Crippen LogP contribution in [0.1, 0.15) is 12.0 Å². The Kier molecular flexibility index (Phi) is 8.02. The largest absolute Gasteiger partial charge is 0.487 e. The fourth-order valence-corrected chi connectivity index (χ4v) is 2.23. The fourth-order valence-electron chi connectivity index (χ4n) is 2.23. The van der Waals surface area contributed by atoms with Crippen molar-refractivity contribution in [2.45, 2.75) is 13.0 Å². The van der Waals surface area contributed by atoms with Gasteiger partial charge in [-0.05, 0) is 30.7 Å². The molecular formula is C19H26N2O2. The van der Waals surface area contributed by atoms with Crippen LogP contribution in [0.3, 0.4) is 0 Å². The molecule has 0 fully saturated rings. The average Bonchev–Trinajstić information content (AvgIpc) is 2.61. The molecule has 0 aromatic heterocycles. The molecule has 0 aliphatic rings. The number of para-hydroxylation sites is 2. The van der Waals surface area contributed by atoms with E-state index in [-0.39, 0.29) is 0 Å². The van der Waals surface area contributed by atoms with Gasteiger partial charge in [0.25, 0.3) is 0 Å². The van der Waals surface area contributed by atoms with Crippen molar-refractivity contribution in [3.8, 4) is 5.75 Å². The molecule has 0 bridgehead atoms. The summed E-state index contributed by atoms with van der Waals surface area (Å²) in [6.45, 7) is 4.13. The first-order valence-electron chi connectivity index (χ1n) is 8.09. The molecule has 0 radical (unpaired) electrons. The summed E-state index contributed by atoms with van der Waals surface area (Å²) in [4.78, 5) is 0. The van der Waals surface area contributed by atoms with Gasteiger partial charge in [-0.15, -0.1) is 0 Å². The monoisotopic (exact) mass is 314 g/mol. The van der Waals surface area contributed by atoms with Crippen LogP contribution in [0.4, 0.5) is 5.69 Å². The summed E-state index contributed by atoms with van der Waals surface area (Å²) < 4.78 is 11.0. The summed E-state index contributed by atoms with van der Waals surface area (Å²) in [6.07, 6.45) is 1.03. The van der Waals surface area contributed by atoms with E-state index < -0.39 is 0 Å². The van der Waals surface area contributed by atoms with Crippen molar-refractivity contribution in [3.05, 3.63) is 60.2 Å². The second kappa shape index (κ2) is 10.6. The predicted molar refractivity (Wildman–Crippen MR) is 95.1 cm³/mol. The number of methoxy groups -OCH3 is 1. The lowest BCUT2D eigenvalue weighted by molar-refractivity contribution is 0.194. The van der Waals surface area contributed by atoms with Crippen LogP contribution in [-0.4, -0.2) is 33.4 Å². The number of rotatable bonds is 11. The molecule has 0 aliphatic carbocycles. The third kappa shape index (κ3) is 6.72. The SMILES string of the molecule is COCCCNCCNc1ccccc1OCc1ccccc1. The second-order valence-corrected chi connectivity index (χ2v) is 5.29. The number of benzene rings is 2. The summed E-state index contributed by atoms with van der Waals surface area (Å²) in [5.41, 5.74) is 2.20. The number of hydrogen-bond acceptors (Lipinski definition) is 4. The zero-order valence-electron chi connectivity index (χ0n) is 13.8. The number of anilines is 1. The van der Waals surface area contributed by atoms with Crippen molar-refractivity contribution < 1.29 is 9.47 Å². The van der Waals surface area contributed by atoms with Gasteiger partial charge in [-0.1, -0.05) is 42.5 Å². The molecule has 2 N–H and O–H groups in total. The Morgan fingerprint density at radius 1 is 0.870 bits per heavy atom. The van der Waals surface area contributed by atoms with Crippen molar-refractivity contribution in [3.63, 3.8) is 0 Å². The lowest BCUT2D eigenvalue weighted by Crippen LogP contribution is -2.24. The smallest absolute Gasteiger partial charge is 0.142 e. The Labute approximate surface area is 138 Å². The molecule has 0 aliphatic heterocycles. The van der Waals surface area contributed by atoms with Gasteiger partial charge in [0.1, 0.15) is 12.4 Å². The lowest BCUT2D eigenvalue weighted by Gasteiger charge is -2.13. The quantitative estimate of drug-likeness (QED) is 0.625. The zero-order chi connectivity index (χ0) is 16.2. The van der Waals surface area contributed by atoms with Crippen LogP contribution >= 0.6 is 0 Å². The molecule has 4 heteroatoms. The summed E-state index contributed by atoms with van der Waals surface area (Å²) in [5, 5.41) is 6.81. The Bertz CT molecular complexity index is 546. The van der Waals surface area contributed by atoms with Gasteiger partial charge in [0.05, 0.1) is 5.69 Å². The highest BCUT2D eigenvalue weighted by atomic mass is 16.5. The minimum Gasteiger partial charge on any atom is -0.487 e. The molecule has 0 atom stereocenters. The van der Waals surface area contributed by atoms with Crippen LogP contribution in [0, 0.1) is 0 Å². The van der Waals surface area contributed by atoms with Gasteiger partial charge in [-0.3, -0.25) is 0 Å². The maximum atomic E-state index is 5.93. The van der Waals surface area contributed by atoms with Gasteiger partial charge in [0.2, 0.25) is 0 Å². The van der Waals surface area contributed by atoms with E-state index in [4.69, 9.17) is 9.47 Å². The first-order valence-corrected chi connectivity index (χ1v) is 8.09. The summed E-state index contributed by atoms with van der Waals surface area (Å²) >= 11 is 0. The summed E-state index contributed by atoms with van der Waals surface area (Å²) in [6, 6.07) is 18.3. The van der Waals surface area contributed by atoms with Crippen molar-refractivity contribution in [1.82, 2.24) is 5.32 Å². The van der Waals surface area contributed by atoms with Gasteiger partial charge in [-0.2, -0.15) is 0 Å². The van der Waals surface area contributed by atoms with Crippen LogP contribution in [0.5, 0.6) is 5.75 Å². The van der Waals surface area contributed by atoms with Crippen molar-refractivity contribution in [2.24, 2.45) is 0 Å². The Balaban J connectivity index is 1.74. The molecule has 124 valence electrons. The van der Waals surface area contributed by atoms with Crippen LogP contribution in [0.15, 0.2) is 54.6 Å². The molecule has 0 unspecified atom stereocenters. The molecule has 2 rings (SSSR count). The minimum atomic E-state index is 0.578. The molecule has 0 saturated carbocycles. The Hall–Kier alpha value is -2.04. The van der Waals surface area contributed by atoms with Crippen molar-refractivity contribution in [1.29, 1.82) is 0 Å². The molecule has 0 heterocycles. The topological polar surface area (TPSA) is 42.5 Å². The molecule has 0 amide bonds. The molecular weight excluding hydrogens is 288 g/mol. The van der Waals surface area contributed by atoms with E-state index >= 15 is 0 Å². The first kappa shape index (κ1) is 17.3. The van der Waals surface area contributed by atoms with E-state index in [2.05, 4.69) is 22.8 Å². The van der Waals surface area contributed by atoms with Crippen LogP contribution in [0.2, 0.25) is 0 Å². The second-order valence-electron chi connectivity index (χ2n) is 5.29. The number of nitrogens with one attached hydrogen (secondary N) is 2. The Morgan fingerprint density at radius 2 is 1.65 bits per heavy atom. The minimum absolute atomic E-state index is 0.578. The van der Waals surface area contributed by atoms with Crippen molar-refractivity contribution in [2.75, 3.05) is 38.7 Å². The normalized spacial score (nSPS) is 10.5. The van der Waals surface area contributed by atoms with E-state index in [0.717, 1.165) is 44.1 Å². The van der Waals surface area contributed by atoms with E-state index in [1.54, 1.807) is 7.11 Å². The zero-order valence-corrected chi connectivity index (χ0v) is 13.8. The van der Waals surface area contributed by atoms with E-state index in [1.807, 2.05) is 42.5 Å². The van der Waals surface area contributed by atoms with Gasteiger partial charge in [0.15, 0.2) is 0 Å². The van der Waals surface area contributed by atoms with Gasteiger partial charge < -0.3 is 20.1 Å². The molecule has 4 nitrogen and oxygen atoms in total. The lowest BCUT2D eigenvalue weighted by atomic mass is 10.2. The maximum absolute atomic E-state index is 5.93. The Morgan fingerprint density at radius 3 is 2.48 bits per heavy atom. The van der Waals surface area contributed by atoms with Crippen LogP contribution in [-0.2, 0) is 11.3 Å². The fraction of sp³-hybridized carbons (Fsp3) is 0.368. The number of ether oxygens (including phenoxy) is 2. The molecule has 0 saturated heterocycles. The average molecular weight is 314 g/mol.